The van der Waals surface area contributed by atoms with Crippen LogP contribution < -0.4 is 0 Å². The lowest BCUT2D eigenvalue weighted by atomic mass is 10.2. The smallest absolute Gasteiger partial charge is 0.0483 e. The van der Waals surface area contributed by atoms with Crippen LogP contribution in [0.2, 0.25) is 51.4 Å². The SMILES string of the molecule is C=C(CCC[Si](C)(C)C)C[Si](C)(C)C. The molecule has 14 heavy (non-hydrogen) atoms. The fraction of sp³-hybridized carbons (Fsp3) is 0.833. The molecule has 0 nitrogen and oxygen atoms in total. The quantitative estimate of drug-likeness (QED) is 0.443. The summed E-state index contributed by atoms with van der Waals surface area (Å²) in [6.45, 7) is 18.8. The Bertz CT molecular complexity index is 181. The summed E-state index contributed by atoms with van der Waals surface area (Å²) in [7, 11) is -1.72. The van der Waals surface area contributed by atoms with Crippen molar-refractivity contribution in [3.8, 4) is 0 Å². The maximum Gasteiger partial charge on any atom is 0.0483 e. The fourth-order valence-electron chi connectivity index (χ4n) is 1.71. The van der Waals surface area contributed by atoms with E-state index in [0.29, 0.717) is 0 Å². The molecule has 0 saturated carbocycles. The Hall–Kier alpha value is 0.174. The molecule has 0 heterocycles. The number of hydrogen-bond acceptors (Lipinski definition) is 0. The molecule has 0 spiro atoms. The second kappa shape index (κ2) is 5.31. The maximum atomic E-state index is 4.21. The van der Waals surface area contributed by atoms with Gasteiger partial charge in [-0.2, -0.15) is 0 Å². The van der Waals surface area contributed by atoms with E-state index in [-0.39, 0.29) is 0 Å². The highest BCUT2D eigenvalue weighted by molar-refractivity contribution is 6.76. The van der Waals surface area contributed by atoms with Gasteiger partial charge in [0.2, 0.25) is 0 Å². The van der Waals surface area contributed by atoms with Crippen molar-refractivity contribution in [1.82, 2.24) is 0 Å². The maximum absolute atomic E-state index is 4.21. The molecular weight excluding hydrogens is 200 g/mol. The molecule has 84 valence electrons. The van der Waals surface area contributed by atoms with Crippen LogP contribution in [0.3, 0.4) is 0 Å². The molecular formula is C12H28Si2. The molecule has 0 atom stereocenters. The molecule has 0 aromatic carbocycles. The molecule has 2 heteroatoms. The monoisotopic (exact) mass is 228 g/mol. The molecule has 0 unspecified atom stereocenters. The molecule has 0 saturated heterocycles. The average Bonchev–Trinajstić information content (AvgIpc) is 1.78. The standard InChI is InChI=1S/C12H28Si2/c1-12(11-14(5,6)7)9-8-10-13(2,3)4/h1,8-11H2,2-7H3. The van der Waals surface area contributed by atoms with Crippen molar-refractivity contribution in [3.05, 3.63) is 12.2 Å². The van der Waals surface area contributed by atoms with Crippen LogP contribution >= 0.6 is 0 Å². The average molecular weight is 229 g/mol. The summed E-state index contributed by atoms with van der Waals surface area (Å²) in [4.78, 5) is 0. The van der Waals surface area contributed by atoms with Gasteiger partial charge in [-0.05, 0) is 12.5 Å². The highest BCUT2D eigenvalue weighted by atomic mass is 28.3. The summed E-state index contributed by atoms with van der Waals surface area (Å²) >= 11 is 0. The topological polar surface area (TPSA) is 0 Å². The lowest BCUT2D eigenvalue weighted by molar-refractivity contribution is 0.886. The summed E-state index contributed by atoms with van der Waals surface area (Å²) < 4.78 is 0. The third-order valence-electron chi connectivity index (χ3n) is 2.24. The van der Waals surface area contributed by atoms with Crippen LogP contribution in [-0.4, -0.2) is 16.1 Å². The van der Waals surface area contributed by atoms with Gasteiger partial charge >= 0.3 is 0 Å². The summed E-state index contributed by atoms with van der Waals surface area (Å²) in [6, 6.07) is 2.77. The van der Waals surface area contributed by atoms with Crippen molar-refractivity contribution in [2.24, 2.45) is 0 Å². The number of hydrogen-bond donors (Lipinski definition) is 0. The molecule has 0 aromatic heterocycles. The highest BCUT2D eigenvalue weighted by Crippen LogP contribution is 2.21. The first kappa shape index (κ1) is 14.2. The van der Waals surface area contributed by atoms with Crippen molar-refractivity contribution in [2.45, 2.75) is 64.2 Å². The van der Waals surface area contributed by atoms with Gasteiger partial charge in [-0.1, -0.05) is 57.3 Å². The second-order valence-corrected chi connectivity index (χ2v) is 18.0. The first-order valence-electron chi connectivity index (χ1n) is 5.77. The number of allylic oxidation sites excluding steroid dienone is 1. The Morgan fingerprint density at radius 3 is 1.79 bits per heavy atom. The molecule has 0 N–H and O–H groups in total. The van der Waals surface area contributed by atoms with Crippen LogP contribution in [0.15, 0.2) is 12.2 Å². The second-order valence-electron chi connectivity index (χ2n) is 6.90. The van der Waals surface area contributed by atoms with Crippen molar-refractivity contribution >= 4 is 16.1 Å². The zero-order chi connectivity index (χ0) is 11.4. The van der Waals surface area contributed by atoms with Gasteiger partial charge in [-0.3, -0.25) is 0 Å². The van der Waals surface area contributed by atoms with Crippen LogP contribution in [0.5, 0.6) is 0 Å². The van der Waals surface area contributed by atoms with Crippen LogP contribution in [0, 0.1) is 0 Å². The molecule has 0 rings (SSSR count). The van der Waals surface area contributed by atoms with Crippen molar-refractivity contribution < 1.29 is 0 Å². The lowest BCUT2D eigenvalue weighted by Gasteiger charge is -2.19. The zero-order valence-corrected chi connectivity index (χ0v) is 13.0. The molecule has 0 aliphatic carbocycles. The Morgan fingerprint density at radius 2 is 1.43 bits per heavy atom. The first-order valence-corrected chi connectivity index (χ1v) is 13.2. The van der Waals surface area contributed by atoms with E-state index in [4.69, 9.17) is 0 Å². The van der Waals surface area contributed by atoms with Gasteiger partial charge in [0.25, 0.3) is 0 Å². The largest absolute Gasteiger partial charge is 0.100 e. The molecule has 0 radical (unpaired) electrons. The van der Waals surface area contributed by atoms with Crippen molar-refractivity contribution in [1.29, 1.82) is 0 Å². The van der Waals surface area contributed by atoms with Gasteiger partial charge < -0.3 is 0 Å². The molecule has 0 aliphatic rings. The highest BCUT2D eigenvalue weighted by Gasteiger charge is 2.16. The van der Waals surface area contributed by atoms with Crippen LogP contribution in [0.25, 0.3) is 0 Å². The van der Waals surface area contributed by atoms with Crippen molar-refractivity contribution in [2.75, 3.05) is 0 Å². The minimum absolute atomic E-state index is 0.812. The van der Waals surface area contributed by atoms with E-state index in [2.05, 4.69) is 45.9 Å². The van der Waals surface area contributed by atoms with Crippen LogP contribution in [0.1, 0.15) is 12.8 Å². The predicted octanol–water partition coefficient (Wildman–Crippen LogP) is 5.00. The van der Waals surface area contributed by atoms with Gasteiger partial charge in [0.1, 0.15) is 0 Å². The molecule has 0 aliphatic heterocycles. The van der Waals surface area contributed by atoms with E-state index in [1.165, 1.54) is 30.5 Å². The molecule has 0 aromatic rings. The first-order chi connectivity index (χ1) is 6.10. The van der Waals surface area contributed by atoms with E-state index in [1.807, 2.05) is 0 Å². The van der Waals surface area contributed by atoms with Crippen molar-refractivity contribution in [3.63, 3.8) is 0 Å². The molecule has 0 fully saturated rings. The summed E-state index contributed by atoms with van der Waals surface area (Å²) in [6.07, 6.45) is 2.65. The van der Waals surface area contributed by atoms with Gasteiger partial charge in [-0.15, -0.1) is 6.58 Å². The fourth-order valence-corrected chi connectivity index (χ4v) is 4.62. The Balaban J connectivity index is 3.66. The van der Waals surface area contributed by atoms with E-state index in [1.54, 1.807) is 0 Å². The van der Waals surface area contributed by atoms with E-state index in [0.717, 1.165) is 0 Å². The normalized spacial score (nSPS) is 13.0. The Labute approximate surface area is 92.8 Å². The third kappa shape index (κ3) is 10.3. The third-order valence-corrected chi connectivity index (χ3v) is 5.65. The zero-order valence-electron chi connectivity index (χ0n) is 11.0. The summed E-state index contributed by atoms with van der Waals surface area (Å²) in [5.74, 6) is 0. The molecule has 0 amide bonds. The van der Waals surface area contributed by atoms with Gasteiger partial charge in [-0.25, -0.2) is 0 Å². The lowest BCUT2D eigenvalue weighted by Crippen LogP contribution is -2.21. The van der Waals surface area contributed by atoms with E-state index in [9.17, 15) is 0 Å². The Kier molecular flexibility index (Phi) is 5.38. The van der Waals surface area contributed by atoms with Gasteiger partial charge in [0.15, 0.2) is 0 Å². The Morgan fingerprint density at radius 1 is 0.929 bits per heavy atom. The van der Waals surface area contributed by atoms with E-state index >= 15 is 0 Å². The minimum atomic E-state index is -0.904. The number of rotatable bonds is 6. The van der Waals surface area contributed by atoms with Crippen LogP contribution in [-0.2, 0) is 0 Å². The van der Waals surface area contributed by atoms with Gasteiger partial charge in [0.05, 0.1) is 0 Å². The molecule has 0 bridgehead atoms. The van der Waals surface area contributed by atoms with Gasteiger partial charge in [0, 0.05) is 16.1 Å². The minimum Gasteiger partial charge on any atom is -0.100 e. The summed E-state index contributed by atoms with van der Waals surface area (Å²) in [5.41, 5.74) is 1.50. The predicted molar refractivity (Wildman–Crippen MR) is 74.7 cm³/mol. The summed E-state index contributed by atoms with van der Waals surface area (Å²) in [5, 5.41) is 0. The van der Waals surface area contributed by atoms with E-state index < -0.39 is 16.1 Å². The van der Waals surface area contributed by atoms with Crippen LogP contribution in [0.4, 0.5) is 0 Å².